The van der Waals surface area contributed by atoms with Crippen LogP contribution in [0.15, 0.2) is 12.1 Å². The fourth-order valence-electron chi connectivity index (χ4n) is 1.59. The van der Waals surface area contributed by atoms with Gasteiger partial charge in [-0.05, 0) is 24.1 Å². The number of esters is 1. The first-order valence-electron chi connectivity index (χ1n) is 5.18. The van der Waals surface area contributed by atoms with Crippen molar-refractivity contribution in [2.24, 2.45) is 0 Å². The molecule has 0 N–H and O–H groups in total. The average Bonchev–Trinajstić information content (AvgIpc) is 2.30. The number of halogens is 3. The monoisotopic (exact) mass is 322 g/mol. The van der Waals surface area contributed by atoms with E-state index in [1.165, 1.54) is 13.2 Å². The summed E-state index contributed by atoms with van der Waals surface area (Å²) in [6.07, 6.45) is -0.0975. The zero-order valence-corrected chi connectivity index (χ0v) is 11.6. The number of ether oxygens (including phenoxy) is 2. The van der Waals surface area contributed by atoms with E-state index in [0.717, 1.165) is 11.1 Å². The Kier molecular flexibility index (Phi) is 5.53. The SMILES string of the molecule is COC(=O)Cc1c(CBr)cc(C)cc1OC(F)F. The summed E-state index contributed by atoms with van der Waals surface area (Å²) >= 11 is 3.26. The lowest BCUT2D eigenvalue weighted by molar-refractivity contribution is -0.139. The van der Waals surface area contributed by atoms with Crippen LogP contribution in [0.5, 0.6) is 5.75 Å². The molecule has 0 aliphatic carbocycles. The van der Waals surface area contributed by atoms with Gasteiger partial charge in [-0.3, -0.25) is 4.79 Å². The molecule has 0 unspecified atom stereocenters. The molecule has 1 aromatic rings. The van der Waals surface area contributed by atoms with Crippen LogP contribution in [0, 0.1) is 6.92 Å². The van der Waals surface area contributed by atoms with Crippen molar-refractivity contribution in [3.8, 4) is 5.75 Å². The van der Waals surface area contributed by atoms with Crippen molar-refractivity contribution in [2.75, 3.05) is 7.11 Å². The number of aryl methyl sites for hydroxylation is 1. The molecule has 100 valence electrons. The van der Waals surface area contributed by atoms with Gasteiger partial charge < -0.3 is 9.47 Å². The van der Waals surface area contributed by atoms with Gasteiger partial charge in [0.1, 0.15) is 5.75 Å². The predicted octanol–water partition coefficient (Wildman–Crippen LogP) is 3.21. The van der Waals surface area contributed by atoms with E-state index in [4.69, 9.17) is 0 Å². The van der Waals surface area contributed by atoms with Crippen LogP contribution in [0.2, 0.25) is 0 Å². The second kappa shape index (κ2) is 6.68. The van der Waals surface area contributed by atoms with Gasteiger partial charge in [0.15, 0.2) is 0 Å². The molecular weight excluding hydrogens is 310 g/mol. The Labute approximate surface area is 112 Å². The Morgan fingerprint density at radius 1 is 1.44 bits per heavy atom. The van der Waals surface area contributed by atoms with Crippen LogP contribution in [0.4, 0.5) is 8.78 Å². The van der Waals surface area contributed by atoms with E-state index in [-0.39, 0.29) is 12.2 Å². The van der Waals surface area contributed by atoms with Crippen LogP contribution in [0.1, 0.15) is 16.7 Å². The topological polar surface area (TPSA) is 35.5 Å². The highest BCUT2D eigenvalue weighted by Crippen LogP contribution is 2.28. The maximum Gasteiger partial charge on any atom is 0.387 e. The van der Waals surface area contributed by atoms with E-state index in [0.29, 0.717) is 10.9 Å². The van der Waals surface area contributed by atoms with Crippen molar-refractivity contribution in [3.63, 3.8) is 0 Å². The van der Waals surface area contributed by atoms with Gasteiger partial charge in [-0.1, -0.05) is 22.0 Å². The summed E-state index contributed by atoms with van der Waals surface area (Å²) in [5.41, 5.74) is 1.94. The summed E-state index contributed by atoms with van der Waals surface area (Å²) in [4.78, 5) is 11.3. The van der Waals surface area contributed by atoms with Gasteiger partial charge in [-0.15, -0.1) is 0 Å². The predicted molar refractivity (Wildman–Crippen MR) is 66.2 cm³/mol. The van der Waals surface area contributed by atoms with Crippen LogP contribution in [0.3, 0.4) is 0 Å². The van der Waals surface area contributed by atoms with Gasteiger partial charge in [0.2, 0.25) is 0 Å². The zero-order chi connectivity index (χ0) is 13.7. The number of rotatable bonds is 5. The molecule has 0 amide bonds. The summed E-state index contributed by atoms with van der Waals surface area (Å²) in [7, 11) is 1.25. The third kappa shape index (κ3) is 3.94. The number of benzene rings is 1. The maximum atomic E-state index is 12.3. The van der Waals surface area contributed by atoms with Gasteiger partial charge in [-0.25, -0.2) is 0 Å². The van der Waals surface area contributed by atoms with Gasteiger partial charge in [-0.2, -0.15) is 8.78 Å². The van der Waals surface area contributed by atoms with E-state index in [9.17, 15) is 13.6 Å². The minimum atomic E-state index is -2.92. The molecule has 6 heteroatoms. The van der Waals surface area contributed by atoms with Gasteiger partial charge in [0.25, 0.3) is 0 Å². The number of methoxy groups -OCH3 is 1. The molecule has 18 heavy (non-hydrogen) atoms. The first kappa shape index (κ1) is 14.9. The first-order chi connectivity index (χ1) is 8.47. The van der Waals surface area contributed by atoms with Crippen molar-refractivity contribution in [2.45, 2.75) is 25.3 Å². The summed E-state index contributed by atoms with van der Waals surface area (Å²) in [5.74, 6) is -0.481. The first-order valence-corrected chi connectivity index (χ1v) is 6.30. The minimum absolute atomic E-state index is 0.0184. The lowest BCUT2D eigenvalue weighted by Crippen LogP contribution is -2.11. The summed E-state index contributed by atoms with van der Waals surface area (Å²) in [5, 5.41) is 0.445. The molecule has 1 rings (SSSR count). The van der Waals surface area contributed by atoms with Gasteiger partial charge in [0.05, 0.1) is 13.5 Å². The van der Waals surface area contributed by atoms with Crippen molar-refractivity contribution in [1.29, 1.82) is 0 Å². The molecule has 0 aromatic heterocycles. The smallest absolute Gasteiger partial charge is 0.387 e. The second-order valence-electron chi connectivity index (χ2n) is 3.67. The molecule has 1 aromatic carbocycles. The van der Waals surface area contributed by atoms with Crippen LogP contribution >= 0.6 is 15.9 Å². The number of carbonyl (C=O) groups is 1. The van der Waals surface area contributed by atoms with E-state index < -0.39 is 12.6 Å². The normalized spacial score (nSPS) is 10.6. The Bertz CT molecular complexity index is 436. The zero-order valence-electron chi connectivity index (χ0n) is 10.0. The van der Waals surface area contributed by atoms with Crippen LogP contribution < -0.4 is 4.74 Å². The molecule has 0 spiro atoms. The van der Waals surface area contributed by atoms with Gasteiger partial charge >= 0.3 is 12.6 Å². The number of hydrogen-bond donors (Lipinski definition) is 0. The largest absolute Gasteiger partial charge is 0.469 e. The molecule has 0 saturated carbocycles. The van der Waals surface area contributed by atoms with Crippen LogP contribution in [-0.2, 0) is 21.3 Å². The van der Waals surface area contributed by atoms with Crippen molar-refractivity contribution in [3.05, 3.63) is 28.8 Å². The average molecular weight is 323 g/mol. The fourth-order valence-corrected chi connectivity index (χ4v) is 2.09. The summed E-state index contributed by atoms with van der Waals surface area (Å²) in [6, 6.07) is 3.29. The summed E-state index contributed by atoms with van der Waals surface area (Å²) in [6.45, 7) is -1.15. The van der Waals surface area contributed by atoms with E-state index in [1.54, 1.807) is 6.92 Å². The van der Waals surface area contributed by atoms with E-state index >= 15 is 0 Å². The lowest BCUT2D eigenvalue weighted by atomic mass is 10.0. The highest BCUT2D eigenvalue weighted by molar-refractivity contribution is 9.08. The van der Waals surface area contributed by atoms with E-state index in [1.807, 2.05) is 6.07 Å². The quantitative estimate of drug-likeness (QED) is 0.617. The third-order valence-electron chi connectivity index (χ3n) is 2.35. The Morgan fingerprint density at radius 3 is 2.61 bits per heavy atom. The van der Waals surface area contributed by atoms with Crippen molar-refractivity contribution in [1.82, 2.24) is 0 Å². The Hall–Kier alpha value is -1.17. The third-order valence-corrected chi connectivity index (χ3v) is 2.96. The molecule has 0 fully saturated rings. The Morgan fingerprint density at radius 2 is 2.11 bits per heavy atom. The molecule has 0 atom stereocenters. The van der Waals surface area contributed by atoms with Crippen molar-refractivity contribution >= 4 is 21.9 Å². The molecule has 0 aliphatic heterocycles. The van der Waals surface area contributed by atoms with E-state index in [2.05, 4.69) is 25.4 Å². The molecule has 3 nitrogen and oxygen atoms in total. The van der Waals surface area contributed by atoms with Crippen molar-refractivity contribution < 1.29 is 23.0 Å². The number of alkyl halides is 3. The maximum absolute atomic E-state index is 12.3. The fraction of sp³-hybridized carbons (Fsp3) is 0.417. The molecule has 0 radical (unpaired) electrons. The lowest BCUT2D eigenvalue weighted by Gasteiger charge is -2.14. The van der Waals surface area contributed by atoms with Gasteiger partial charge in [0, 0.05) is 10.9 Å². The molecule has 0 aliphatic rings. The molecule has 0 bridgehead atoms. The molecular formula is C12H13BrF2O3. The summed E-state index contributed by atoms with van der Waals surface area (Å²) < 4.78 is 33.7. The van der Waals surface area contributed by atoms with Crippen LogP contribution in [-0.4, -0.2) is 19.7 Å². The molecule has 0 heterocycles. The standard InChI is InChI=1S/C12H13BrF2O3/c1-7-3-8(6-13)9(5-11(16)17-2)10(4-7)18-12(14)15/h3-4,12H,5-6H2,1-2H3. The highest BCUT2D eigenvalue weighted by Gasteiger charge is 2.17. The number of carbonyl (C=O) groups excluding carboxylic acids is 1. The number of hydrogen-bond acceptors (Lipinski definition) is 3. The Balaban J connectivity index is 3.19. The second-order valence-corrected chi connectivity index (χ2v) is 4.23. The molecule has 0 saturated heterocycles. The highest BCUT2D eigenvalue weighted by atomic mass is 79.9. The minimum Gasteiger partial charge on any atom is -0.469 e. The van der Waals surface area contributed by atoms with Crippen LogP contribution in [0.25, 0.3) is 0 Å².